The van der Waals surface area contributed by atoms with Crippen LogP contribution in [0.1, 0.15) is 33.1 Å². The minimum Gasteiger partial charge on any atom is -0.264 e. The van der Waals surface area contributed by atoms with Crippen molar-refractivity contribution in [2.24, 2.45) is 5.18 Å². The van der Waals surface area contributed by atoms with E-state index in [-0.39, 0.29) is 19.3 Å². The molecule has 0 bridgehead atoms. The molecule has 0 amide bonds. The van der Waals surface area contributed by atoms with E-state index in [0.717, 1.165) is 0 Å². The summed E-state index contributed by atoms with van der Waals surface area (Å²) in [5, 5.41) is 23.5. The molecule has 1 saturated carbocycles. The third kappa shape index (κ3) is 3.87. The maximum absolute atomic E-state index is 10.4. The number of nitrogens with zero attached hydrogens (tertiary/aromatic N) is 3. The van der Waals surface area contributed by atoms with E-state index in [1.54, 1.807) is 0 Å². The van der Waals surface area contributed by atoms with Crippen LogP contribution in [0.4, 0.5) is 0 Å². The van der Waals surface area contributed by atoms with E-state index in [4.69, 9.17) is 0 Å². The van der Waals surface area contributed by atoms with Gasteiger partial charge < -0.3 is 0 Å². The molecule has 1 fully saturated rings. The van der Waals surface area contributed by atoms with E-state index in [1.807, 2.05) is 13.8 Å². The third-order valence-corrected chi connectivity index (χ3v) is 2.38. The van der Waals surface area contributed by atoms with Gasteiger partial charge in [-0.05, 0) is 0 Å². The standard InChI is InChI=1S/C6H9N3O5.C2H6/c10-7-4-1-5(8(11)12)3-6(2-4)9(13)14;1-2/h4-6H,1-3H2;1-2H3. The summed E-state index contributed by atoms with van der Waals surface area (Å²) in [6.07, 6.45) is -0.0757. The van der Waals surface area contributed by atoms with Crippen molar-refractivity contribution in [2.75, 3.05) is 0 Å². The van der Waals surface area contributed by atoms with Crippen LogP contribution in [-0.4, -0.2) is 28.0 Å². The van der Waals surface area contributed by atoms with Crippen LogP contribution in [-0.2, 0) is 0 Å². The van der Waals surface area contributed by atoms with Gasteiger partial charge in [-0.1, -0.05) is 19.0 Å². The Balaban J connectivity index is 0.00000106. The molecule has 92 valence electrons. The second kappa shape index (κ2) is 6.81. The maximum Gasteiger partial charge on any atom is 0.221 e. The Bertz CT molecular complexity index is 248. The second-order valence-electron chi connectivity index (χ2n) is 3.34. The fourth-order valence-corrected chi connectivity index (χ4v) is 1.66. The monoisotopic (exact) mass is 233 g/mol. The number of rotatable bonds is 3. The summed E-state index contributed by atoms with van der Waals surface area (Å²) in [7, 11) is 0. The van der Waals surface area contributed by atoms with Crippen LogP contribution in [0.25, 0.3) is 0 Å². The van der Waals surface area contributed by atoms with Crippen molar-refractivity contribution < 1.29 is 9.85 Å². The van der Waals surface area contributed by atoms with Gasteiger partial charge in [-0.25, -0.2) is 0 Å². The molecule has 1 aliphatic carbocycles. The lowest BCUT2D eigenvalue weighted by Gasteiger charge is -2.21. The summed E-state index contributed by atoms with van der Waals surface area (Å²) in [6, 6.07) is -2.82. The predicted molar refractivity (Wildman–Crippen MR) is 56.3 cm³/mol. The van der Waals surface area contributed by atoms with Crippen molar-refractivity contribution in [1.29, 1.82) is 0 Å². The van der Waals surface area contributed by atoms with Crippen molar-refractivity contribution in [1.82, 2.24) is 0 Å². The van der Waals surface area contributed by atoms with Gasteiger partial charge in [0.05, 0.1) is 6.42 Å². The first-order valence-electron chi connectivity index (χ1n) is 5.14. The van der Waals surface area contributed by atoms with E-state index in [0.29, 0.717) is 0 Å². The maximum atomic E-state index is 10.4. The van der Waals surface area contributed by atoms with Crippen molar-refractivity contribution >= 4 is 0 Å². The molecule has 8 heteroatoms. The minimum absolute atomic E-state index is 0.0147. The number of nitroso groups, excluding NO2 is 1. The largest absolute Gasteiger partial charge is 0.264 e. The molecule has 8 nitrogen and oxygen atoms in total. The zero-order valence-electron chi connectivity index (χ0n) is 9.24. The highest BCUT2D eigenvalue weighted by molar-refractivity contribution is 4.82. The first-order valence-corrected chi connectivity index (χ1v) is 5.14. The van der Waals surface area contributed by atoms with Crippen LogP contribution in [0.3, 0.4) is 0 Å². The molecule has 1 aliphatic rings. The van der Waals surface area contributed by atoms with Crippen molar-refractivity contribution in [3.63, 3.8) is 0 Å². The predicted octanol–water partition coefficient (Wildman–Crippen LogP) is 1.62. The van der Waals surface area contributed by atoms with Gasteiger partial charge in [-0.3, -0.25) is 20.2 Å². The van der Waals surface area contributed by atoms with Crippen LogP contribution in [0, 0.1) is 25.1 Å². The lowest BCUT2D eigenvalue weighted by atomic mass is 9.88. The van der Waals surface area contributed by atoms with Gasteiger partial charge in [0.25, 0.3) is 0 Å². The topological polar surface area (TPSA) is 116 Å². The van der Waals surface area contributed by atoms with E-state index < -0.39 is 28.0 Å². The van der Waals surface area contributed by atoms with Gasteiger partial charge in [0, 0.05) is 22.7 Å². The van der Waals surface area contributed by atoms with Crippen molar-refractivity contribution in [2.45, 2.75) is 51.2 Å². The highest BCUT2D eigenvalue weighted by Crippen LogP contribution is 2.25. The summed E-state index contributed by atoms with van der Waals surface area (Å²) < 4.78 is 0. The Kier molecular flexibility index (Phi) is 6.12. The van der Waals surface area contributed by atoms with Crippen molar-refractivity contribution in [3.8, 4) is 0 Å². The Labute approximate surface area is 92.3 Å². The van der Waals surface area contributed by atoms with Crippen LogP contribution < -0.4 is 0 Å². The van der Waals surface area contributed by atoms with Crippen LogP contribution in [0.15, 0.2) is 5.18 Å². The first kappa shape index (κ1) is 14.4. The Hall–Kier alpha value is -1.60. The molecular formula is C8H15N3O5. The van der Waals surface area contributed by atoms with Crippen LogP contribution in [0.5, 0.6) is 0 Å². The summed E-state index contributed by atoms with van der Waals surface area (Å²) >= 11 is 0. The number of nitro groups is 2. The van der Waals surface area contributed by atoms with Gasteiger partial charge in [0.15, 0.2) is 0 Å². The number of hydrogen-bond donors (Lipinski definition) is 0. The van der Waals surface area contributed by atoms with Crippen LogP contribution >= 0.6 is 0 Å². The molecule has 0 radical (unpaired) electrons. The lowest BCUT2D eigenvalue weighted by Crippen LogP contribution is -2.39. The molecule has 2 unspecified atom stereocenters. The van der Waals surface area contributed by atoms with E-state index in [2.05, 4.69) is 5.18 Å². The molecule has 1 rings (SSSR count). The number of hydrogen-bond acceptors (Lipinski definition) is 6. The second-order valence-corrected chi connectivity index (χ2v) is 3.34. The zero-order chi connectivity index (χ0) is 12.7. The smallest absolute Gasteiger partial charge is 0.221 e. The molecule has 0 aromatic rings. The fraction of sp³-hybridized carbons (Fsp3) is 1.00. The summed E-state index contributed by atoms with van der Waals surface area (Å²) in [6.45, 7) is 4.00. The summed E-state index contributed by atoms with van der Waals surface area (Å²) in [4.78, 5) is 29.9. The summed E-state index contributed by atoms with van der Waals surface area (Å²) in [5.74, 6) is 0. The first-order chi connectivity index (χ1) is 7.54. The molecule has 0 heterocycles. The molecule has 0 spiro atoms. The summed E-state index contributed by atoms with van der Waals surface area (Å²) in [5.41, 5.74) is 0. The lowest BCUT2D eigenvalue weighted by molar-refractivity contribution is -0.568. The van der Waals surface area contributed by atoms with E-state index in [9.17, 15) is 25.1 Å². The average molecular weight is 233 g/mol. The molecule has 0 N–H and O–H groups in total. The zero-order valence-corrected chi connectivity index (χ0v) is 9.24. The Morgan fingerprint density at radius 1 is 1.00 bits per heavy atom. The van der Waals surface area contributed by atoms with Gasteiger partial charge in [-0.15, -0.1) is 0 Å². The molecular weight excluding hydrogens is 218 g/mol. The minimum atomic E-state index is -1.01. The normalized spacial score (nSPS) is 28.5. The van der Waals surface area contributed by atoms with Gasteiger partial charge in [0.1, 0.15) is 6.04 Å². The highest BCUT2D eigenvalue weighted by Gasteiger charge is 2.41. The fourth-order valence-electron chi connectivity index (χ4n) is 1.66. The molecule has 0 aromatic heterocycles. The third-order valence-electron chi connectivity index (χ3n) is 2.38. The van der Waals surface area contributed by atoms with Gasteiger partial charge in [0.2, 0.25) is 12.1 Å². The molecule has 0 aliphatic heterocycles. The van der Waals surface area contributed by atoms with Gasteiger partial charge in [-0.2, -0.15) is 4.91 Å². The highest BCUT2D eigenvalue weighted by atomic mass is 16.6. The molecule has 16 heavy (non-hydrogen) atoms. The van der Waals surface area contributed by atoms with Crippen LogP contribution in [0.2, 0.25) is 0 Å². The van der Waals surface area contributed by atoms with Gasteiger partial charge >= 0.3 is 0 Å². The molecule has 0 saturated heterocycles. The van der Waals surface area contributed by atoms with E-state index >= 15 is 0 Å². The average Bonchev–Trinajstić information content (AvgIpc) is 2.30. The Morgan fingerprint density at radius 3 is 1.62 bits per heavy atom. The van der Waals surface area contributed by atoms with E-state index in [1.165, 1.54) is 0 Å². The quantitative estimate of drug-likeness (QED) is 0.417. The van der Waals surface area contributed by atoms with Crippen molar-refractivity contribution in [3.05, 3.63) is 25.1 Å². The Morgan fingerprint density at radius 2 is 1.38 bits per heavy atom. The molecule has 2 atom stereocenters. The molecule has 0 aromatic carbocycles. The SMILES string of the molecule is CC.O=NC1CC([N+](=O)[O-])CC([N+](=O)[O-])C1.